The summed E-state index contributed by atoms with van der Waals surface area (Å²) in [6, 6.07) is 0. The van der Waals surface area contributed by atoms with Crippen molar-refractivity contribution in [3.05, 3.63) is 12.0 Å². The van der Waals surface area contributed by atoms with Crippen LogP contribution in [0.4, 0.5) is 5.82 Å². The molecular formula is C12H16N4O3. The van der Waals surface area contributed by atoms with Crippen LogP contribution in [0.15, 0.2) is 10.9 Å². The van der Waals surface area contributed by atoms with E-state index in [1.807, 2.05) is 6.92 Å². The number of hydrogen-bond acceptors (Lipinski definition) is 6. The molecule has 19 heavy (non-hydrogen) atoms. The molecule has 0 fully saturated rings. The largest absolute Gasteiger partial charge is 0.481 e. The normalized spacial score (nSPS) is 14.3. The number of hydrogen-bond donors (Lipinski definition) is 2. The summed E-state index contributed by atoms with van der Waals surface area (Å²) in [6.45, 7) is 5.60. The highest BCUT2D eigenvalue weighted by molar-refractivity contribution is 5.87. The number of nitrogens with zero attached hydrogens (tertiary/aromatic N) is 3. The molecule has 1 unspecified atom stereocenters. The van der Waals surface area contributed by atoms with Crippen LogP contribution in [-0.2, 0) is 4.79 Å². The standard InChI is InChI=1S/C12H16N4O3/c1-4-12(3,11(17)18)5-13-9-8-7(2)16-19-10(8)15-6-14-9/h6H,4-5H2,1-3H3,(H,17,18)(H,13,14,15). The van der Waals surface area contributed by atoms with Crippen molar-refractivity contribution in [2.24, 2.45) is 5.41 Å². The Morgan fingerprint density at radius 1 is 1.53 bits per heavy atom. The number of carboxylic acids is 1. The molecule has 2 heterocycles. The van der Waals surface area contributed by atoms with Gasteiger partial charge in [-0.05, 0) is 20.3 Å². The van der Waals surface area contributed by atoms with Crippen LogP contribution < -0.4 is 5.32 Å². The summed E-state index contributed by atoms with van der Waals surface area (Å²) >= 11 is 0. The lowest BCUT2D eigenvalue weighted by atomic mass is 9.88. The highest BCUT2D eigenvalue weighted by Gasteiger charge is 2.31. The van der Waals surface area contributed by atoms with E-state index in [1.165, 1.54) is 6.33 Å². The van der Waals surface area contributed by atoms with Crippen LogP contribution in [0.3, 0.4) is 0 Å². The van der Waals surface area contributed by atoms with E-state index >= 15 is 0 Å². The molecule has 0 aliphatic carbocycles. The van der Waals surface area contributed by atoms with Crippen LogP contribution in [0.2, 0.25) is 0 Å². The number of nitrogens with one attached hydrogen (secondary N) is 1. The lowest BCUT2D eigenvalue weighted by molar-refractivity contribution is -0.147. The predicted octanol–water partition coefficient (Wildman–Crippen LogP) is 1.84. The number of carboxylic acid groups (broad SMARTS) is 1. The quantitative estimate of drug-likeness (QED) is 0.849. The molecule has 102 valence electrons. The van der Waals surface area contributed by atoms with Gasteiger partial charge in [-0.2, -0.15) is 4.98 Å². The van der Waals surface area contributed by atoms with Gasteiger partial charge < -0.3 is 14.9 Å². The lowest BCUT2D eigenvalue weighted by Gasteiger charge is -2.23. The van der Waals surface area contributed by atoms with E-state index in [9.17, 15) is 9.90 Å². The van der Waals surface area contributed by atoms with Crippen LogP contribution in [0.25, 0.3) is 11.1 Å². The maximum absolute atomic E-state index is 11.3. The van der Waals surface area contributed by atoms with Gasteiger partial charge in [-0.15, -0.1) is 0 Å². The average molecular weight is 264 g/mol. The Morgan fingerprint density at radius 3 is 2.89 bits per heavy atom. The topological polar surface area (TPSA) is 101 Å². The Morgan fingerprint density at radius 2 is 2.26 bits per heavy atom. The molecule has 7 nitrogen and oxygen atoms in total. The molecule has 0 bridgehead atoms. The molecule has 0 saturated carbocycles. The summed E-state index contributed by atoms with van der Waals surface area (Å²) in [4.78, 5) is 19.3. The molecule has 7 heteroatoms. The molecule has 0 amide bonds. The molecule has 0 aromatic carbocycles. The van der Waals surface area contributed by atoms with E-state index in [0.717, 1.165) is 0 Å². The van der Waals surface area contributed by atoms with Crippen LogP contribution in [0.5, 0.6) is 0 Å². The SMILES string of the molecule is CCC(C)(CNc1ncnc2onc(C)c12)C(=O)O. The van der Waals surface area contributed by atoms with Gasteiger partial charge in [-0.1, -0.05) is 12.1 Å². The Labute approximate surface area is 110 Å². The monoisotopic (exact) mass is 264 g/mol. The number of aromatic nitrogens is 3. The first kappa shape index (κ1) is 13.3. The van der Waals surface area contributed by atoms with Crippen LogP contribution in [0, 0.1) is 12.3 Å². The minimum Gasteiger partial charge on any atom is -0.481 e. The smallest absolute Gasteiger partial charge is 0.311 e. The molecule has 2 rings (SSSR count). The number of carbonyl (C=O) groups is 1. The molecule has 0 aliphatic rings. The van der Waals surface area contributed by atoms with Crippen LogP contribution in [-0.4, -0.2) is 32.7 Å². The average Bonchev–Trinajstić information content (AvgIpc) is 2.78. The third kappa shape index (κ3) is 2.35. The second-order valence-electron chi connectivity index (χ2n) is 4.74. The fraction of sp³-hybridized carbons (Fsp3) is 0.500. The maximum Gasteiger partial charge on any atom is 0.311 e. The van der Waals surface area contributed by atoms with Gasteiger partial charge in [0.05, 0.1) is 11.1 Å². The summed E-state index contributed by atoms with van der Waals surface area (Å²) < 4.78 is 5.04. The first-order chi connectivity index (χ1) is 8.98. The van der Waals surface area contributed by atoms with Crippen molar-refractivity contribution in [3.8, 4) is 0 Å². The van der Waals surface area contributed by atoms with Crippen molar-refractivity contribution < 1.29 is 14.4 Å². The third-order valence-electron chi connectivity index (χ3n) is 3.39. The van der Waals surface area contributed by atoms with E-state index in [0.29, 0.717) is 29.0 Å². The molecular weight excluding hydrogens is 248 g/mol. The van der Waals surface area contributed by atoms with E-state index < -0.39 is 11.4 Å². The second kappa shape index (κ2) is 4.83. The van der Waals surface area contributed by atoms with Gasteiger partial charge in [0.15, 0.2) is 0 Å². The highest BCUT2D eigenvalue weighted by Crippen LogP contribution is 2.26. The third-order valence-corrected chi connectivity index (χ3v) is 3.39. The van der Waals surface area contributed by atoms with Crippen molar-refractivity contribution in [1.29, 1.82) is 0 Å². The van der Waals surface area contributed by atoms with Crippen molar-refractivity contribution in [3.63, 3.8) is 0 Å². The Bertz CT molecular complexity index is 610. The number of rotatable bonds is 5. The predicted molar refractivity (Wildman–Crippen MR) is 68.9 cm³/mol. The molecule has 0 saturated heterocycles. The van der Waals surface area contributed by atoms with Crippen molar-refractivity contribution >= 4 is 22.9 Å². The van der Waals surface area contributed by atoms with E-state index in [1.54, 1.807) is 13.8 Å². The maximum atomic E-state index is 11.3. The summed E-state index contributed by atoms with van der Waals surface area (Å²) in [5.74, 6) is -0.292. The van der Waals surface area contributed by atoms with Gasteiger partial charge in [0, 0.05) is 6.54 Å². The second-order valence-corrected chi connectivity index (χ2v) is 4.74. The fourth-order valence-corrected chi connectivity index (χ4v) is 1.69. The molecule has 0 radical (unpaired) electrons. The molecule has 0 aliphatic heterocycles. The Balaban J connectivity index is 2.27. The van der Waals surface area contributed by atoms with Gasteiger partial charge in [0.25, 0.3) is 5.71 Å². The van der Waals surface area contributed by atoms with Gasteiger partial charge >= 0.3 is 5.97 Å². The molecule has 1 atom stereocenters. The van der Waals surface area contributed by atoms with Crippen molar-refractivity contribution in [2.75, 3.05) is 11.9 Å². The number of anilines is 1. The Kier molecular flexibility index (Phi) is 3.37. The first-order valence-electron chi connectivity index (χ1n) is 6.02. The van der Waals surface area contributed by atoms with Crippen LogP contribution >= 0.6 is 0 Å². The van der Waals surface area contributed by atoms with E-state index in [2.05, 4.69) is 20.4 Å². The van der Waals surface area contributed by atoms with Crippen LogP contribution in [0.1, 0.15) is 26.0 Å². The zero-order valence-corrected chi connectivity index (χ0v) is 11.1. The van der Waals surface area contributed by atoms with Gasteiger partial charge in [-0.25, -0.2) is 4.98 Å². The molecule has 2 N–H and O–H groups in total. The zero-order chi connectivity index (χ0) is 14.0. The molecule has 0 spiro atoms. The summed E-state index contributed by atoms with van der Waals surface area (Å²) in [5.41, 5.74) is 0.220. The minimum atomic E-state index is -0.845. The zero-order valence-electron chi connectivity index (χ0n) is 11.1. The van der Waals surface area contributed by atoms with Crippen molar-refractivity contribution in [2.45, 2.75) is 27.2 Å². The number of aliphatic carboxylic acids is 1. The number of fused-ring (bicyclic) bond motifs is 1. The molecule has 2 aromatic heterocycles. The fourth-order valence-electron chi connectivity index (χ4n) is 1.69. The molecule has 2 aromatic rings. The lowest BCUT2D eigenvalue weighted by Crippen LogP contribution is -2.34. The van der Waals surface area contributed by atoms with Gasteiger partial charge in [0.2, 0.25) is 0 Å². The summed E-state index contributed by atoms with van der Waals surface area (Å²) in [6.07, 6.45) is 1.88. The highest BCUT2D eigenvalue weighted by atomic mass is 16.5. The van der Waals surface area contributed by atoms with Crippen molar-refractivity contribution in [1.82, 2.24) is 15.1 Å². The minimum absolute atomic E-state index is 0.273. The number of aryl methyl sites for hydroxylation is 1. The Hall–Kier alpha value is -2.18. The van der Waals surface area contributed by atoms with E-state index in [-0.39, 0.29) is 6.54 Å². The summed E-state index contributed by atoms with van der Waals surface area (Å²) in [5, 5.41) is 16.8. The first-order valence-corrected chi connectivity index (χ1v) is 6.02. The summed E-state index contributed by atoms with van der Waals surface area (Å²) in [7, 11) is 0. The van der Waals surface area contributed by atoms with Gasteiger partial charge in [0.1, 0.15) is 17.5 Å². The van der Waals surface area contributed by atoms with E-state index in [4.69, 9.17) is 4.52 Å². The van der Waals surface area contributed by atoms with Gasteiger partial charge in [-0.3, -0.25) is 4.79 Å².